The van der Waals surface area contributed by atoms with E-state index in [0.29, 0.717) is 11.5 Å². The second kappa shape index (κ2) is 6.68. The first-order valence-corrected chi connectivity index (χ1v) is 6.22. The summed E-state index contributed by atoms with van der Waals surface area (Å²) < 4.78 is 9.86. The summed E-state index contributed by atoms with van der Waals surface area (Å²) in [5, 5.41) is 17.9. The average Bonchev–Trinajstić information content (AvgIpc) is 2.83. The Morgan fingerprint density at radius 2 is 2.29 bits per heavy atom. The summed E-state index contributed by atoms with van der Waals surface area (Å²) in [6.07, 6.45) is -0.738. The van der Waals surface area contributed by atoms with Crippen molar-refractivity contribution < 1.29 is 24.2 Å². The van der Waals surface area contributed by atoms with Crippen molar-refractivity contribution in [2.24, 2.45) is 0 Å². The Bertz CT molecular complexity index is 362. The molecule has 0 fully saturated rings. The van der Waals surface area contributed by atoms with Gasteiger partial charge in [0.15, 0.2) is 0 Å². The van der Waals surface area contributed by atoms with E-state index in [1.54, 1.807) is 12.1 Å². The van der Waals surface area contributed by atoms with Crippen LogP contribution in [0.25, 0.3) is 0 Å². The molecule has 6 heteroatoms. The van der Waals surface area contributed by atoms with E-state index in [0.717, 1.165) is 0 Å². The Hall–Kier alpha value is -0.980. The molecule has 2 N–H and O–H groups in total. The van der Waals surface area contributed by atoms with Crippen LogP contribution in [-0.2, 0) is 4.74 Å². The Labute approximate surface area is 104 Å². The number of aliphatic hydroxyl groups is 2. The molecule has 0 bridgehead atoms. The second-order valence-corrected chi connectivity index (χ2v) is 4.88. The number of ether oxygens (including phenoxy) is 1. The molecule has 0 aromatic carbocycles. The molecule has 2 unspecified atom stereocenters. The summed E-state index contributed by atoms with van der Waals surface area (Å²) in [6, 6.07) is 3.26. The molecule has 96 valence electrons. The second-order valence-electron chi connectivity index (χ2n) is 3.51. The van der Waals surface area contributed by atoms with Gasteiger partial charge in [-0.1, -0.05) is 0 Å². The zero-order chi connectivity index (χ0) is 12.8. The van der Waals surface area contributed by atoms with Crippen molar-refractivity contribution in [3.63, 3.8) is 0 Å². The van der Waals surface area contributed by atoms with E-state index in [1.807, 2.05) is 6.92 Å². The minimum absolute atomic E-state index is 0.00499. The van der Waals surface area contributed by atoms with Crippen LogP contribution in [0.5, 0.6) is 0 Å². The third kappa shape index (κ3) is 4.07. The third-order valence-corrected chi connectivity index (χ3v) is 3.47. The highest BCUT2D eigenvalue weighted by Gasteiger charge is 2.16. The van der Waals surface area contributed by atoms with E-state index in [1.165, 1.54) is 18.9 Å². The Balaban J connectivity index is 2.54. The van der Waals surface area contributed by atoms with E-state index in [9.17, 15) is 9.90 Å². The molecule has 0 spiro atoms. The smallest absolute Gasteiger partial charge is 0.373 e. The summed E-state index contributed by atoms with van der Waals surface area (Å²) in [5.41, 5.74) is 0. The summed E-state index contributed by atoms with van der Waals surface area (Å²) in [5.74, 6) is 0.702. The zero-order valence-corrected chi connectivity index (χ0v) is 10.6. The monoisotopic (exact) mass is 260 g/mol. The van der Waals surface area contributed by atoms with Crippen LogP contribution in [-0.4, -0.2) is 41.8 Å². The van der Waals surface area contributed by atoms with Crippen LogP contribution in [0.2, 0.25) is 0 Å². The van der Waals surface area contributed by atoms with Gasteiger partial charge in [0.25, 0.3) is 0 Å². The quantitative estimate of drug-likeness (QED) is 0.748. The number of methoxy groups -OCH3 is 1. The number of carbonyl (C=O) groups is 1. The number of rotatable bonds is 6. The van der Waals surface area contributed by atoms with Crippen LogP contribution in [0, 0.1) is 0 Å². The molecule has 0 aliphatic heterocycles. The molecule has 0 saturated heterocycles. The molecule has 1 heterocycles. The van der Waals surface area contributed by atoms with Crippen LogP contribution in [0.4, 0.5) is 0 Å². The number of esters is 1. The summed E-state index contributed by atoms with van der Waals surface area (Å²) in [7, 11) is 1.29. The van der Waals surface area contributed by atoms with Gasteiger partial charge < -0.3 is 19.4 Å². The first-order valence-electron chi connectivity index (χ1n) is 5.17. The molecule has 17 heavy (non-hydrogen) atoms. The maximum absolute atomic E-state index is 11.2. The van der Waals surface area contributed by atoms with Crippen LogP contribution >= 0.6 is 11.8 Å². The fourth-order valence-corrected chi connectivity index (χ4v) is 2.08. The lowest BCUT2D eigenvalue weighted by Gasteiger charge is -2.10. The van der Waals surface area contributed by atoms with Gasteiger partial charge in [0.1, 0.15) is 5.76 Å². The van der Waals surface area contributed by atoms with Gasteiger partial charge in [0, 0.05) is 5.75 Å². The Kier molecular flexibility index (Phi) is 5.54. The SMILES string of the molecule is COC(=O)c1ccc(C(C)SCC(O)CO)o1. The van der Waals surface area contributed by atoms with Crippen molar-refractivity contribution in [2.75, 3.05) is 19.5 Å². The third-order valence-electron chi connectivity index (χ3n) is 2.16. The van der Waals surface area contributed by atoms with Gasteiger partial charge in [-0.05, 0) is 19.1 Å². The Morgan fingerprint density at radius 1 is 1.59 bits per heavy atom. The minimum atomic E-state index is -0.738. The summed E-state index contributed by atoms with van der Waals surface area (Å²) in [6.45, 7) is 1.64. The molecular formula is C11H16O5S. The first kappa shape index (κ1) is 14.1. The summed E-state index contributed by atoms with van der Waals surface area (Å²) >= 11 is 1.44. The number of hydrogen-bond donors (Lipinski definition) is 2. The van der Waals surface area contributed by atoms with Gasteiger partial charge in [0.05, 0.1) is 25.1 Å². The normalized spacial score (nSPS) is 14.4. The topological polar surface area (TPSA) is 79.9 Å². The molecule has 1 aromatic rings. The molecule has 0 amide bonds. The van der Waals surface area contributed by atoms with Crippen molar-refractivity contribution in [1.29, 1.82) is 0 Å². The maximum Gasteiger partial charge on any atom is 0.373 e. The van der Waals surface area contributed by atoms with E-state index in [4.69, 9.17) is 9.52 Å². The van der Waals surface area contributed by atoms with Gasteiger partial charge in [-0.2, -0.15) is 0 Å². The molecule has 1 rings (SSSR count). The molecule has 2 atom stereocenters. The average molecular weight is 260 g/mol. The fraction of sp³-hybridized carbons (Fsp3) is 0.545. The molecule has 5 nitrogen and oxygen atoms in total. The molecular weight excluding hydrogens is 244 g/mol. The first-order chi connectivity index (χ1) is 8.08. The number of furan rings is 1. The van der Waals surface area contributed by atoms with Crippen molar-refractivity contribution in [3.8, 4) is 0 Å². The van der Waals surface area contributed by atoms with Gasteiger partial charge >= 0.3 is 5.97 Å². The molecule has 0 saturated carbocycles. The number of carbonyl (C=O) groups excluding carboxylic acids is 1. The number of hydrogen-bond acceptors (Lipinski definition) is 6. The summed E-state index contributed by atoms with van der Waals surface area (Å²) in [4.78, 5) is 11.2. The van der Waals surface area contributed by atoms with Gasteiger partial charge in [-0.25, -0.2) is 4.79 Å². The lowest BCUT2D eigenvalue weighted by Crippen LogP contribution is -2.15. The highest BCUT2D eigenvalue weighted by molar-refractivity contribution is 7.99. The van der Waals surface area contributed by atoms with Crippen molar-refractivity contribution >= 4 is 17.7 Å². The van der Waals surface area contributed by atoms with Gasteiger partial charge in [-0.15, -0.1) is 11.8 Å². The predicted molar refractivity (Wildman–Crippen MR) is 64.0 cm³/mol. The van der Waals surface area contributed by atoms with Gasteiger partial charge in [-0.3, -0.25) is 0 Å². The van der Waals surface area contributed by atoms with Crippen molar-refractivity contribution in [3.05, 3.63) is 23.7 Å². The molecule has 0 aliphatic rings. The van der Waals surface area contributed by atoms with E-state index in [-0.39, 0.29) is 17.6 Å². The van der Waals surface area contributed by atoms with Crippen molar-refractivity contribution in [1.82, 2.24) is 0 Å². The Morgan fingerprint density at radius 3 is 2.88 bits per heavy atom. The van der Waals surface area contributed by atoms with E-state index >= 15 is 0 Å². The number of aliphatic hydroxyl groups excluding tert-OH is 2. The fourth-order valence-electron chi connectivity index (χ4n) is 1.17. The zero-order valence-electron chi connectivity index (χ0n) is 9.75. The lowest BCUT2D eigenvalue weighted by molar-refractivity contribution is 0.0563. The van der Waals surface area contributed by atoms with Crippen molar-refractivity contribution in [2.45, 2.75) is 18.3 Å². The highest BCUT2D eigenvalue weighted by atomic mass is 32.2. The minimum Gasteiger partial charge on any atom is -0.463 e. The van der Waals surface area contributed by atoms with Crippen LogP contribution in [0.1, 0.15) is 28.5 Å². The van der Waals surface area contributed by atoms with Crippen LogP contribution < -0.4 is 0 Å². The van der Waals surface area contributed by atoms with E-state index < -0.39 is 12.1 Å². The van der Waals surface area contributed by atoms with E-state index in [2.05, 4.69) is 4.74 Å². The predicted octanol–water partition coefficient (Wildman–Crippen LogP) is 1.21. The number of thioether (sulfide) groups is 1. The van der Waals surface area contributed by atoms with Crippen LogP contribution in [0.3, 0.4) is 0 Å². The maximum atomic E-state index is 11.2. The largest absolute Gasteiger partial charge is 0.463 e. The van der Waals surface area contributed by atoms with Gasteiger partial charge in [0.2, 0.25) is 5.76 Å². The lowest BCUT2D eigenvalue weighted by atomic mass is 10.3. The molecule has 0 aliphatic carbocycles. The molecule has 1 aromatic heterocycles. The standard InChI is InChI=1S/C11H16O5S/c1-7(17-6-8(13)5-12)9-3-4-10(16-9)11(14)15-2/h3-4,7-8,12-13H,5-6H2,1-2H3. The van der Waals surface area contributed by atoms with Crippen LogP contribution in [0.15, 0.2) is 16.5 Å². The highest BCUT2D eigenvalue weighted by Crippen LogP contribution is 2.30. The molecule has 0 radical (unpaired) electrons.